The number of alkyl halides is 3. The number of carbonyl (C=O) groups is 1. The summed E-state index contributed by atoms with van der Waals surface area (Å²) in [5.74, 6) is -1.57. The summed E-state index contributed by atoms with van der Waals surface area (Å²) in [5.41, 5.74) is 0.317. The van der Waals surface area contributed by atoms with E-state index in [1.54, 1.807) is 0 Å². The summed E-state index contributed by atoms with van der Waals surface area (Å²) in [6, 6.07) is 3.40. The Morgan fingerprint density at radius 2 is 2.06 bits per heavy atom. The molecule has 92 valence electrons. The zero-order valence-electron chi connectivity index (χ0n) is 8.78. The monoisotopic (exact) mass is 246 g/mol. The van der Waals surface area contributed by atoms with Gasteiger partial charge in [0.05, 0.1) is 0 Å². The molecule has 0 saturated heterocycles. The van der Waals surface area contributed by atoms with Gasteiger partial charge in [-0.2, -0.15) is 0 Å². The first kappa shape index (κ1) is 13.1. The summed E-state index contributed by atoms with van der Waals surface area (Å²) in [4.78, 5) is 10.7. The molecule has 0 radical (unpaired) electrons. The van der Waals surface area contributed by atoms with Crippen molar-refractivity contribution < 1.29 is 27.8 Å². The molecule has 1 N–H and O–H groups in total. The zero-order valence-corrected chi connectivity index (χ0v) is 8.78. The molecule has 1 rings (SSSR count). The van der Waals surface area contributed by atoms with Gasteiger partial charge >= 0.3 is 6.36 Å². The van der Waals surface area contributed by atoms with E-state index in [-0.39, 0.29) is 5.78 Å². The maximum Gasteiger partial charge on any atom is 0.573 e. The molecule has 0 aromatic heterocycles. The fraction of sp³-hybridized carbons (Fsp3) is 0.182. The quantitative estimate of drug-likeness (QED) is 0.834. The number of hydrogen-bond acceptors (Lipinski definition) is 3. The van der Waals surface area contributed by atoms with Crippen LogP contribution in [0.25, 0.3) is 6.08 Å². The van der Waals surface area contributed by atoms with Crippen molar-refractivity contribution in [3.05, 3.63) is 29.8 Å². The SMILES string of the molecule is CC(=O)/C=C/c1ccc(O)c(OC(F)(F)F)c1. The number of aromatic hydroxyl groups is 1. The van der Waals surface area contributed by atoms with Crippen molar-refractivity contribution in [2.45, 2.75) is 13.3 Å². The van der Waals surface area contributed by atoms with E-state index in [4.69, 9.17) is 5.11 Å². The third-order valence-corrected chi connectivity index (χ3v) is 1.72. The summed E-state index contributed by atoms with van der Waals surface area (Å²) >= 11 is 0. The minimum absolute atomic E-state index is 0.239. The van der Waals surface area contributed by atoms with Gasteiger partial charge in [0.2, 0.25) is 0 Å². The summed E-state index contributed by atoms with van der Waals surface area (Å²) in [7, 11) is 0. The van der Waals surface area contributed by atoms with Crippen LogP contribution in [0.1, 0.15) is 12.5 Å². The Morgan fingerprint density at radius 1 is 1.41 bits per heavy atom. The molecular formula is C11H9F3O3. The molecule has 0 heterocycles. The normalized spacial score (nSPS) is 11.8. The Bertz CT molecular complexity index is 450. The number of allylic oxidation sites excluding steroid dienone is 1. The summed E-state index contributed by atoms with van der Waals surface area (Å²) in [6.07, 6.45) is -2.35. The number of phenolic OH excluding ortho intramolecular Hbond substituents is 1. The molecule has 17 heavy (non-hydrogen) atoms. The van der Waals surface area contributed by atoms with E-state index >= 15 is 0 Å². The highest BCUT2D eigenvalue weighted by Gasteiger charge is 2.32. The molecule has 6 heteroatoms. The molecule has 0 atom stereocenters. The van der Waals surface area contributed by atoms with Crippen molar-refractivity contribution in [2.24, 2.45) is 0 Å². The standard InChI is InChI=1S/C11H9F3O3/c1-7(15)2-3-8-4-5-9(16)10(6-8)17-11(12,13)14/h2-6,16H,1H3/b3-2+. The van der Waals surface area contributed by atoms with Gasteiger partial charge in [-0.3, -0.25) is 4.79 Å². The molecule has 0 aliphatic carbocycles. The maximum atomic E-state index is 12.0. The molecule has 0 amide bonds. The van der Waals surface area contributed by atoms with Crippen LogP contribution in [0.2, 0.25) is 0 Å². The highest BCUT2D eigenvalue weighted by atomic mass is 19.4. The average Bonchev–Trinajstić information content (AvgIpc) is 2.17. The Hall–Kier alpha value is -1.98. The van der Waals surface area contributed by atoms with E-state index in [1.807, 2.05) is 0 Å². The number of ketones is 1. The van der Waals surface area contributed by atoms with E-state index in [1.165, 1.54) is 25.1 Å². The average molecular weight is 246 g/mol. The molecule has 0 spiro atoms. The van der Waals surface area contributed by atoms with Crippen LogP contribution < -0.4 is 4.74 Å². The molecule has 0 aliphatic heterocycles. The van der Waals surface area contributed by atoms with E-state index in [0.29, 0.717) is 5.56 Å². The molecule has 0 saturated carbocycles. The van der Waals surface area contributed by atoms with Gasteiger partial charge < -0.3 is 9.84 Å². The van der Waals surface area contributed by atoms with Crippen LogP contribution in [0.4, 0.5) is 13.2 Å². The number of benzene rings is 1. The first-order chi connectivity index (χ1) is 7.78. The predicted octanol–water partition coefficient (Wildman–Crippen LogP) is 2.89. The molecule has 0 bridgehead atoms. The molecule has 1 aromatic rings. The highest BCUT2D eigenvalue weighted by Crippen LogP contribution is 2.32. The van der Waals surface area contributed by atoms with Crippen LogP contribution in [-0.4, -0.2) is 17.3 Å². The number of phenols is 1. The number of ether oxygens (including phenoxy) is 1. The van der Waals surface area contributed by atoms with Gasteiger partial charge in [-0.1, -0.05) is 12.1 Å². The van der Waals surface area contributed by atoms with E-state index in [9.17, 15) is 18.0 Å². The van der Waals surface area contributed by atoms with Crippen LogP contribution in [0.3, 0.4) is 0 Å². The summed E-state index contributed by atoms with van der Waals surface area (Å²) in [5, 5.41) is 9.16. The zero-order chi connectivity index (χ0) is 13.1. The molecular weight excluding hydrogens is 237 g/mol. The van der Waals surface area contributed by atoms with Gasteiger partial charge in [-0.05, 0) is 30.7 Å². The van der Waals surface area contributed by atoms with Crippen molar-refractivity contribution >= 4 is 11.9 Å². The third kappa shape index (κ3) is 4.58. The Balaban J connectivity index is 2.98. The highest BCUT2D eigenvalue weighted by molar-refractivity contribution is 5.91. The van der Waals surface area contributed by atoms with Crippen molar-refractivity contribution in [2.75, 3.05) is 0 Å². The minimum atomic E-state index is -4.87. The fourth-order valence-electron chi connectivity index (χ4n) is 1.05. The van der Waals surface area contributed by atoms with Gasteiger partial charge in [-0.15, -0.1) is 13.2 Å². The molecule has 0 fully saturated rings. The van der Waals surface area contributed by atoms with Gasteiger partial charge in [0.25, 0.3) is 0 Å². The lowest BCUT2D eigenvalue weighted by atomic mass is 10.2. The third-order valence-electron chi connectivity index (χ3n) is 1.72. The van der Waals surface area contributed by atoms with Gasteiger partial charge in [0, 0.05) is 0 Å². The van der Waals surface area contributed by atoms with Crippen LogP contribution in [0, 0.1) is 0 Å². The lowest BCUT2D eigenvalue weighted by Gasteiger charge is -2.10. The van der Waals surface area contributed by atoms with Crippen molar-refractivity contribution in [3.8, 4) is 11.5 Å². The minimum Gasteiger partial charge on any atom is -0.504 e. The van der Waals surface area contributed by atoms with Crippen LogP contribution in [-0.2, 0) is 4.79 Å². The second-order valence-corrected chi connectivity index (χ2v) is 3.22. The van der Waals surface area contributed by atoms with Gasteiger partial charge in [0.1, 0.15) is 0 Å². The predicted molar refractivity (Wildman–Crippen MR) is 54.5 cm³/mol. The smallest absolute Gasteiger partial charge is 0.504 e. The molecule has 0 aliphatic rings. The van der Waals surface area contributed by atoms with Crippen LogP contribution in [0.5, 0.6) is 11.5 Å². The van der Waals surface area contributed by atoms with Crippen molar-refractivity contribution in [1.29, 1.82) is 0 Å². The summed E-state index contributed by atoms with van der Waals surface area (Å²) < 4.78 is 39.5. The summed E-state index contributed by atoms with van der Waals surface area (Å²) in [6.45, 7) is 1.31. The number of hydrogen-bond donors (Lipinski definition) is 1. The second-order valence-electron chi connectivity index (χ2n) is 3.22. The Kier molecular flexibility index (Phi) is 3.77. The van der Waals surface area contributed by atoms with Gasteiger partial charge in [0.15, 0.2) is 17.3 Å². The van der Waals surface area contributed by atoms with Crippen molar-refractivity contribution in [1.82, 2.24) is 0 Å². The largest absolute Gasteiger partial charge is 0.573 e. The number of rotatable bonds is 3. The first-order valence-electron chi connectivity index (χ1n) is 4.55. The van der Waals surface area contributed by atoms with E-state index in [2.05, 4.69) is 4.74 Å². The molecule has 3 nitrogen and oxygen atoms in total. The molecule has 0 unspecified atom stereocenters. The molecule has 1 aromatic carbocycles. The van der Waals surface area contributed by atoms with Crippen LogP contribution >= 0.6 is 0 Å². The number of halogens is 3. The van der Waals surface area contributed by atoms with E-state index < -0.39 is 17.9 Å². The lowest BCUT2D eigenvalue weighted by Crippen LogP contribution is -2.17. The van der Waals surface area contributed by atoms with E-state index in [0.717, 1.165) is 12.1 Å². The van der Waals surface area contributed by atoms with Gasteiger partial charge in [-0.25, -0.2) is 0 Å². The first-order valence-corrected chi connectivity index (χ1v) is 4.55. The number of carbonyl (C=O) groups excluding carboxylic acids is 1. The Labute approximate surface area is 95.1 Å². The fourth-order valence-corrected chi connectivity index (χ4v) is 1.05. The van der Waals surface area contributed by atoms with Crippen LogP contribution in [0.15, 0.2) is 24.3 Å². The lowest BCUT2D eigenvalue weighted by molar-refractivity contribution is -0.275. The maximum absolute atomic E-state index is 12.0. The van der Waals surface area contributed by atoms with Crippen molar-refractivity contribution in [3.63, 3.8) is 0 Å². The second kappa shape index (κ2) is 4.90. The topological polar surface area (TPSA) is 46.5 Å². The Morgan fingerprint density at radius 3 is 2.59 bits per heavy atom.